The van der Waals surface area contributed by atoms with Crippen LogP contribution >= 0.6 is 0 Å². The van der Waals surface area contributed by atoms with Gasteiger partial charge in [-0.15, -0.1) is 0 Å². The van der Waals surface area contributed by atoms with E-state index in [1.54, 1.807) is 18.0 Å². The molecule has 2 heterocycles. The molecule has 1 aromatic rings. The van der Waals surface area contributed by atoms with Crippen molar-refractivity contribution in [3.8, 4) is 0 Å². The Balaban J connectivity index is 2.24. The molecule has 2 amide bonds. The van der Waals surface area contributed by atoms with Gasteiger partial charge < -0.3 is 14.8 Å². The number of carbonyl (C=O) groups is 2. The fourth-order valence-corrected chi connectivity index (χ4v) is 3.09. The molecule has 1 aliphatic heterocycles. The summed E-state index contributed by atoms with van der Waals surface area (Å²) in [5.74, 6) is 0.870. The van der Waals surface area contributed by atoms with E-state index in [0.29, 0.717) is 25.8 Å². The number of hydrogen-bond donors (Lipinski definition) is 1. The van der Waals surface area contributed by atoms with E-state index < -0.39 is 11.6 Å². The molecule has 21 heavy (non-hydrogen) atoms. The maximum Gasteiger partial charge on any atom is 0.246 e. The van der Waals surface area contributed by atoms with Gasteiger partial charge in [-0.3, -0.25) is 9.59 Å². The fraction of sp³-hybridized carbons (Fsp3) is 0.667. The van der Waals surface area contributed by atoms with Gasteiger partial charge in [0.25, 0.3) is 0 Å². The Bertz CT molecular complexity index is 534. The Morgan fingerprint density at radius 3 is 2.52 bits per heavy atom. The van der Waals surface area contributed by atoms with Gasteiger partial charge in [0.15, 0.2) is 0 Å². The van der Waals surface area contributed by atoms with Crippen LogP contribution in [-0.2, 0) is 23.1 Å². The molecule has 1 N–H and O–H groups in total. The number of piperazine rings is 1. The first kappa shape index (κ1) is 15.5. The van der Waals surface area contributed by atoms with Gasteiger partial charge in [-0.1, -0.05) is 13.8 Å². The molecule has 6 heteroatoms. The smallest absolute Gasteiger partial charge is 0.246 e. The lowest BCUT2D eigenvalue weighted by molar-refractivity contribution is -0.157. The maximum absolute atomic E-state index is 12.5. The Morgan fingerprint density at radius 1 is 1.33 bits per heavy atom. The second kappa shape index (κ2) is 5.87. The van der Waals surface area contributed by atoms with Gasteiger partial charge in [0.1, 0.15) is 17.4 Å². The molecule has 0 radical (unpaired) electrons. The lowest BCUT2D eigenvalue weighted by atomic mass is 9.86. The third-order valence-corrected chi connectivity index (χ3v) is 4.57. The van der Waals surface area contributed by atoms with Crippen molar-refractivity contribution in [2.75, 3.05) is 6.54 Å². The lowest BCUT2D eigenvalue weighted by Gasteiger charge is -2.47. The molecule has 2 rings (SSSR count). The van der Waals surface area contributed by atoms with Gasteiger partial charge in [0.2, 0.25) is 11.8 Å². The predicted molar refractivity (Wildman–Crippen MR) is 79.5 cm³/mol. The molecule has 0 aromatic carbocycles. The van der Waals surface area contributed by atoms with E-state index in [0.717, 1.165) is 5.82 Å². The monoisotopic (exact) mass is 292 g/mol. The normalized spacial score (nSPS) is 21.5. The van der Waals surface area contributed by atoms with E-state index in [1.165, 1.54) is 0 Å². The first-order valence-electron chi connectivity index (χ1n) is 7.55. The van der Waals surface area contributed by atoms with Gasteiger partial charge in [-0.05, 0) is 19.8 Å². The van der Waals surface area contributed by atoms with Crippen molar-refractivity contribution >= 4 is 11.8 Å². The van der Waals surface area contributed by atoms with Crippen LogP contribution in [-0.4, -0.2) is 44.4 Å². The van der Waals surface area contributed by atoms with E-state index >= 15 is 0 Å². The molecule has 1 aromatic heterocycles. The van der Waals surface area contributed by atoms with Crippen molar-refractivity contribution in [2.45, 2.75) is 51.6 Å². The summed E-state index contributed by atoms with van der Waals surface area (Å²) in [6.07, 6.45) is 5.52. The van der Waals surface area contributed by atoms with Crippen LogP contribution in [0.15, 0.2) is 12.4 Å². The van der Waals surface area contributed by atoms with E-state index in [2.05, 4.69) is 10.3 Å². The minimum atomic E-state index is -0.727. The van der Waals surface area contributed by atoms with E-state index in [9.17, 15) is 9.59 Å². The number of aromatic nitrogens is 2. The Hall–Kier alpha value is -1.85. The highest BCUT2D eigenvalue weighted by atomic mass is 16.2. The van der Waals surface area contributed by atoms with Crippen molar-refractivity contribution in [2.24, 2.45) is 7.05 Å². The Kier molecular flexibility index (Phi) is 4.34. The van der Waals surface area contributed by atoms with E-state index in [-0.39, 0.29) is 11.8 Å². The zero-order valence-electron chi connectivity index (χ0n) is 13.2. The summed E-state index contributed by atoms with van der Waals surface area (Å²) in [5, 5.41) is 2.81. The van der Waals surface area contributed by atoms with Crippen molar-refractivity contribution in [1.82, 2.24) is 19.8 Å². The van der Waals surface area contributed by atoms with Crippen molar-refractivity contribution in [3.05, 3.63) is 18.2 Å². The first-order chi connectivity index (χ1) is 9.96. The second-order valence-corrected chi connectivity index (χ2v) is 5.63. The van der Waals surface area contributed by atoms with Crippen LogP contribution in [0.3, 0.4) is 0 Å². The number of imidazole rings is 1. The average Bonchev–Trinajstić information content (AvgIpc) is 2.87. The minimum Gasteiger partial charge on any atom is -0.343 e. The highest BCUT2D eigenvalue weighted by Crippen LogP contribution is 2.29. The maximum atomic E-state index is 12.5. The number of hydrogen-bond acceptors (Lipinski definition) is 3. The summed E-state index contributed by atoms with van der Waals surface area (Å²) < 4.78 is 1.94. The van der Waals surface area contributed by atoms with Gasteiger partial charge in [-0.2, -0.15) is 0 Å². The zero-order chi connectivity index (χ0) is 15.6. The van der Waals surface area contributed by atoms with Crippen LogP contribution in [0.5, 0.6) is 0 Å². The molecule has 116 valence electrons. The lowest BCUT2D eigenvalue weighted by Crippen LogP contribution is -2.70. The standard InChI is InChI=1S/C15H24N4O2/c1-5-15(6-2)14(21)17-11(3)13(20)19(15)9-7-12-16-8-10-18(12)4/h8,10-11H,5-7,9H2,1-4H3,(H,17,21). The predicted octanol–water partition coefficient (Wildman–Crippen LogP) is 0.868. The zero-order valence-corrected chi connectivity index (χ0v) is 13.2. The average molecular weight is 292 g/mol. The quantitative estimate of drug-likeness (QED) is 0.875. The van der Waals surface area contributed by atoms with Crippen LogP contribution in [0.2, 0.25) is 0 Å². The molecule has 0 aliphatic carbocycles. The summed E-state index contributed by atoms with van der Waals surface area (Å²) in [7, 11) is 1.93. The SMILES string of the molecule is CCC1(CC)C(=O)NC(C)C(=O)N1CCc1nccn1C. The molecule has 1 atom stereocenters. The largest absolute Gasteiger partial charge is 0.343 e. The van der Waals surface area contributed by atoms with Crippen molar-refractivity contribution < 1.29 is 9.59 Å². The van der Waals surface area contributed by atoms with E-state index in [1.807, 2.05) is 31.7 Å². The summed E-state index contributed by atoms with van der Waals surface area (Å²) in [5.41, 5.74) is -0.727. The Morgan fingerprint density at radius 2 is 2.00 bits per heavy atom. The van der Waals surface area contributed by atoms with Crippen molar-refractivity contribution in [3.63, 3.8) is 0 Å². The topological polar surface area (TPSA) is 67.2 Å². The van der Waals surface area contributed by atoms with Gasteiger partial charge in [0, 0.05) is 32.4 Å². The van der Waals surface area contributed by atoms with Crippen LogP contribution in [0.1, 0.15) is 39.4 Å². The van der Waals surface area contributed by atoms with Crippen LogP contribution in [0.25, 0.3) is 0 Å². The number of nitrogens with one attached hydrogen (secondary N) is 1. The number of carbonyl (C=O) groups excluding carboxylic acids is 2. The summed E-state index contributed by atoms with van der Waals surface area (Å²) in [6, 6.07) is -0.454. The fourth-order valence-electron chi connectivity index (χ4n) is 3.09. The second-order valence-electron chi connectivity index (χ2n) is 5.63. The third-order valence-electron chi connectivity index (χ3n) is 4.57. The summed E-state index contributed by atoms with van der Waals surface area (Å²) in [6.45, 7) is 6.17. The minimum absolute atomic E-state index is 0.00694. The van der Waals surface area contributed by atoms with Crippen LogP contribution < -0.4 is 5.32 Å². The molecule has 6 nitrogen and oxygen atoms in total. The summed E-state index contributed by atoms with van der Waals surface area (Å²) >= 11 is 0. The van der Waals surface area contributed by atoms with E-state index in [4.69, 9.17) is 0 Å². The van der Waals surface area contributed by atoms with Gasteiger partial charge in [-0.25, -0.2) is 4.98 Å². The number of nitrogens with zero attached hydrogens (tertiary/aromatic N) is 3. The Labute approximate surface area is 125 Å². The van der Waals surface area contributed by atoms with Gasteiger partial charge >= 0.3 is 0 Å². The molecule has 0 bridgehead atoms. The van der Waals surface area contributed by atoms with Crippen LogP contribution in [0, 0.1) is 0 Å². The number of rotatable bonds is 5. The third kappa shape index (κ3) is 2.54. The highest BCUT2D eigenvalue weighted by Gasteiger charge is 2.48. The van der Waals surface area contributed by atoms with Crippen molar-refractivity contribution in [1.29, 1.82) is 0 Å². The molecule has 0 saturated carbocycles. The first-order valence-corrected chi connectivity index (χ1v) is 7.55. The molecule has 1 saturated heterocycles. The number of aryl methyl sites for hydroxylation is 1. The molecule has 1 fully saturated rings. The molecular weight excluding hydrogens is 268 g/mol. The number of amides is 2. The van der Waals surface area contributed by atoms with Gasteiger partial charge in [0.05, 0.1) is 0 Å². The molecule has 1 unspecified atom stereocenters. The van der Waals surface area contributed by atoms with Crippen LogP contribution in [0.4, 0.5) is 0 Å². The molecule has 1 aliphatic rings. The summed E-state index contributed by atoms with van der Waals surface area (Å²) in [4.78, 5) is 31.0. The molecular formula is C15H24N4O2. The highest BCUT2D eigenvalue weighted by molar-refractivity contribution is 5.99. The molecule has 0 spiro atoms.